The van der Waals surface area contributed by atoms with E-state index >= 15 is 0 Å². The average molecular weight is 337 g/mol. The van der Waals surface area contributed by atoms with Gasteiger partial charge in [-0.3, -0.25) is 4.79 Å². The summed E-state index contributed by atoms with van der Waals surface area (Å²) in [6, 6.07) is 13.9. The summed E-state index contributed by atoms with van der Waals surface area (Å²) in [5, 5.41) is 3.11. The molecular weight excluding hydrogens is 314 g/mol. The molecule has 0 aromatic heterocycles. The Bertz CT molecular complexity index is 782. The lowest BCUT2D eigenvalue weighted by Crippen LogP contribution is -2.29. The first kappa shape index (κ1) is 17.1. The molecular formula is C21H23NO3. The second kappa shape index (κ2) is 7.88. The Kier molecular flexibility index (Phi) is 5.39. The Labute approximate surface area is 148 Å². The fourth-order valence-corrected chi connectivity index (χ4v) is 3.26. The fraction of sp³-hybridized carbons (Fsp3) is 0.286. The van der Waals surface area contributed by atoms with Crippen molar-refractivity contribution >= 4 is 12.0 Å². The van der Waals surface area contributed by atoms with Crippen molar-refractivity contribution in [2.45, 2.75) is 25.3 Å². The summed E-state index contributed by atoms with van der Waals surface area (Å²) in [6.07, 6.45) is 6.45. The molecule has 0 spiro atoms. The van der Waals surface area contributed by atoms with Gasteiger partial charge in [0.1, 0.15) is 11.5 Å². The van der Waals surface area contributed by atoms with Gasteiger partial charge in [0.25, 0.3) is 0 Å². The molecule has 4 heteroatoms. The topological polar surface area (TPSA) is 47.6 Å². The standard InChI is InChI=1S/C21H23NO3/c1-24-17-11-12-20(25-2)16(14-17)10-13-21(23)22-19-9-5-7-15-6-3-4-8-18(15)19/h3-4,6,8,10-14,19H,5,7,9H2,1-2H3,(H,22,23)/b13-10+. The van der Waals surface area contributed by atoms with E-state index in [1.807, 2.05) is 24.3 Å². The summed E-state index contributed by atoms with van der Waals surface area (Å²) in [7, 11) is 3.22. The zero-order chi connectivity index (χ0) is 17.6. The van der Waals surface area contributed by atoms with Crippen molar-refractivity contribution in [2.24, 2.45) is 0 Å². The molecule has 25 heavy (non-hydrogen) atoms. The van der Waals surface area contributed by atoms with Crippen LogP contribution in [0.5, 0.6) is 11.5 Å². The fourth-order valence-electron chi connectivity index (χ4n) is 3.26. The quantitative estimate of drug-likeness (QED) is 0.842. The molecule has 1 atom stereocenters. The number of hydrogen-bond acceptors (Lipinski definition) is 3. The van der Waals surface area contributed by atoms with Gasteiger partial charge in [-0.25, -0.2) is 0 Å². The van der Waals surface area contributed by atoms with Crippen molar-refractivity contribution in [1.82, 2.24) is 5.32 Å². The van der Waals surface area contributed by atoms with Gasteiger partial charge in [0.15, 0.2) is 0 Å². The Morgan fingerprint density at radius 1 is 1.16 bits per heavy atom. The van der Waals surface area contributed by atoms with Crippen LogP contribution in [0.2, 0.25) is 0 Å². The molecule has 0 saturated heterocycles. The van der Waals surface area contributed by atoms with E-state index in [-0.39, 0.29) is 11.9 Å². The van der Waals surface area contributed by atoms with E-state index in [1.165, 1.54) is 11.1 Å². The lowest BCUT2D eigenvalue weighted by Gasteiger charge is -2.25. The minimum Gasteiger partial charge on any atom is -0.497 e. The van der Waals surface area contributed by atoms with Crippen molar-refractivity contribution in [2.75, 3.05) is 14.2 Å². The molecule has 130 valence electrons. The number of carbonyl (C=O) groups is 1. The molecule has 1 amide bonds. The third kappa shape index (κ3) is 4.02. The summed E-state index contributed by atoms with van der Waals surface area (Å²) >= 11 is 0. The highest BCUT2D eigenvalue weighted by molar-refractivity contribution is 5.92. The Morgan fingerprint density at radius 2 is 2.00 bits per heavy atom. The summed E-state index contributed by atoms with van der Waals surface area (Å²) in [4.78, 5) is 12.4. The number of fused-ring (bicyclic) bond motifs is 1. The van der Waals surface area contributed by atoms with Crippen LogP contribution < -0.4 is 14.8 Å². The molecule has 1 unspecified atom stereocenters. The molecule has 2 aromatic carbocycles. The van der Waals surface area contributed by atoms with Crippen LogP contribution in [-0.2, 0) is 11.2 Å². The van der Waals surface area contributed by atoms with E-state index in [2.05, 4.69) is 23.5 Å². The van der Waals surface area contributed by atoms with Crippen LogP contribution in [-0.4, -0.2) is 20.1 Å². The summed E-state index contributed by atoms with van der Waals surface area (Å²) in [6.45, 7) is 0. The number of amides is 1. The van der Waals surface area contributed by atoms with E-state index in [0.29, 0.717) is 5.75 Å². The van der Waals surface area contributed by atoms with Crippen LogP contribution >= 0.6 is 0 Å². The molecule has 3 rings (SSSR count). The zero-order valence-corrected chi connectivity index (χ0v) is 14.6. The largest absolute Gasteiger partial charge is 0.497 e. The normalized spacial score (nSPS) is 16.3. The molecule has 0 radical (unpaired) electrons. The Morgan fingerprint density at radius 3 is 2.80 bits per heavy atom. The summed E-state index contributed by atoms with van der Waals surface area (Å²) in [5.41, 5.74) is 3.37. The number of methoxy groups -OCH3 is 2. The van der Waals surface area contributed by atoms with Gasteiger partial charge in [-0.2, -0.15) is 0 Å². The molecule has 1 N–H and O–H groups in total. The first-order valence-corrected chi connectivity index (χ1v) is 8.49. The third-order valence-corrected chi connectivity index (χ3v) is 4.54. The smallest absolute Gasteiger partial charge is 0.244 e. The highest BCUT2D eigenvalue weighted by Gasteiger charge is 2.20. The predicted octanol–water partition coefficient (Wildman–Crippen LogP) is 3.91. The van der Waals surface area contributed by atoms with Gasteiger partial charge in [-0.1, -0.05) is 24.3 Å². The summed E-state index contributed by atoms with van der Waals surface area (Å²) < 4.78 is 10.6. The lowest BCUT2D eigenvalue weighted by molar-refractivity contribution is -0.117. The second-order valence-corrected chi connectivity index (χ2v) is 6.09. The van der Waals surface area contributed by atoms with Gasteiger partial charge in [0.05, 0.1) is 20.3 Å². The highest BCUT2D eigenvalue weighted by Crippen LogP contribution is 2.29. The molecule has 0 bridgehead atoms. The Hall–Kier alpha value is -2.75. The van der Waals surface area contributed by atoms with E-state index in [0.717, 1.165) is 30.6 Å². The average Bonchev–Trinajstić information content (AvgIpc) is 2.66. The number of aryl methyl sites for hydroxylation is 1. The van der Waals surface area contributed by atoms with E-state index in [1.54, 1.807) is 26.4 Å². The number of carbonyl (C=O) groups excluding carboxylic acids is 1. The van der Waals surface area contributed by atoms with Crippen LogP contribution in [0.1, 0.15) is 35.6 Å². The monoisotopic (exact) mass is 337 g/mol. The molecule has 1 aliphatic rings. The third-order valence-electron chi connectivity index (χ3n) is 4.54. The highest BCUT2D eigenvalue weighted by atomic mass is 16.5. The minimum absolute atomic E-state index is 0.0781. The molecule has 0 aliphatic heterocycles. The van der Waals surface area contributed by atoms with Crippen LogP contribution in [0.3, 0.4) is 0 Å². The van der Waals surface area contributed by atoms with Gasteiger partial charge in [0, 0.05) is 11.6 Å². The van der Waals surface area contributed by atoms with Gasteiger partial charge in [-0.15, -0.1) is 0 Å². The van der Waals surface area contributed by atoms with Crippen molar-refractivity contribution < 1.29 is 14.3 Å². The maximum atomic E-state index is 12.4. The van der Waals surface area contributed by atoms with Crippen molar-refractivity contribution in [3.8, 4) is 11.5 Å². The van der Waals surface area contributed by atoms with E-state index in [9.17, 15) is 4.79 Å². The predicted molar refractivity (Wildman–Crippen MR) is 98.8 cm³/mol. The number of benzene rings is 2. The maximum Gasteiger partial charge on any atom is 0.244 e. The first-order chi connectivity index (χ1) is 12.2. The van der Waals surface area contributed by atoms with Crippen LogP contribution in [0.25, 0.3) is 6.08 Å². The second-order valence-electron chi connectivity index (χ2n) is 6.09. The number of rotatable bonds is 5. The van der Waals surface area contributed by atoms with Crippen molar-refractivity contribution in [3.63, 3.8) is 0 Å². The van der Waals surface area contributed by atoms with Crippen molar-refractivity contribution in [3.05, 3.63) is 65.2 Å². The molecule has 0 heterocycles. The van der Waals surface area contributed by atoms with Gasteiger partial charge in [0.2, 0.25) is 5.91 Å². The molecule has 0 saturated carbocycles. The van der Waals surface area contributed by atoms with E-state index in [4.69, 9.17) is 9.47 Å². The number of ether oxygens (including phenoxy) is 2. The van der Waals surface area contributed by atoms with Gasteiger partial charge >= 0.3 is 0 Å². The summed E-state index contributed by atoms with van der Waals surface area (Å²) in [5.74, 6) is 1.32. The van der Waals surface area contributed by atoms with Crippen molar-refractivity contribution in [1.29, 1.82) is 0 Å². The van der Waals surface area contributed by atoms with Gasteiger partial charge in [-0.05, 0) is 54.7 Å². The first-order valence-electron chi connectivity index (χ1n) is 8.49. The molecule has 4 nitrogen and oxygen atoms in total. The lowest BCUT2D eigenvalue weighted by atomic mass is 9.88. The number of nitrogens with one attached hydrogen (secondary N) is 1. The molecule has 1 aliphatic carbocycles. The number of hydrogen-bond donors (Lipinski definition) is 1. The van der Waals surface area contributed by atoms with Gasteiger partial charge < -0.3 is 14.8 Å². The van der Waals surface area contributed by atoms with Crippen LogP contribution in [0.15, 0.2) is 48.5 Å². The molecule has 2 aromatic rings. The van der Waals surface area contributed by atoms with Crippen LogP contribution in [0, 0.1) is 0 Å². The minimum atomic E-state index is -0.105. The maximum absolute atomic E-state index is 12.4. The van der Waals surface area contributed by atoms with Crippen LogP contribution in [0.4, 0.5) is 0 Å². The van der Waals surface area contributed by atoms with E-state index < -0.39 is 0 Å². The molecule has 0 fully saturated rings. The SMILES string of the molecule is COc1ccc(OC)c(/C=C/C(=O)NC2CCCc3ccccc32)c1. The zero-order valence-electron chi connectivity index (χ0n) is 14.6. The Balaban J connectivity index is 1.72.